The van der Waals surface area contributed by atoms with Crippen LogP contribution in [-0.4, -0.2) is 34.3 Å². The Labute approximate surface area is 109 Å². The van der Waals surface area contributed by atoms with Gasteiger partial charge in [-0.05, 0) is 17.7 Å². The average Bonchev–Trinajstić information content (AvgIpc) is 2.67. The Balaban J connectivity index is 2.14. The van der Waals surface area contributed by atoms with Crippen LogP contribution in [0.25, 0.3) is 0 Å². The molecule has 17 heavy (non-hydrogen) atoms. The molecule has 6 heteroatoms. The summed E-state index contributed by atoms with van der Waals surface area (Å²) in [6, 6.07) is 7.42. The highest BCUT2D eigenvalue weighted by atomic mass is 32.2. The smallest absolute Gasteiger partial charge is 0.259 e. The molecule has 2 rings (SSSR count). The van der Waals surface area contributed by atoms with Crippen molar-refractivity contribution in [3.8, 4) is 5.75 Å². The zero-order chi connectivity index (χ0) is 12.3. The lowest BCUT2D eigenvalue weighted by Crippen LogP contribution is -2.22. The van der Waals surface area contributed by atoms with E-state index in [1.54, 1.807) is 13.3 Å². The minimum atomic E-state index is -0.0841. The second kappa shape index (κ2) is 5.29. The number of carbonyl (C=O) groups is 1. The van der Waals surface area contributed by atoms with Crippen molar-refractivity contribution in [3.63, 3.8) is 0 Å². The van der Waals surface area contributed by atoms with Gasteiger partial charge in [-0.25, -0.2) is 0 Å². The van der Waals surface area contributed by atoms with E-state index in [1.165, 1.54) is 16.8 Å². The molecular formula is C11H10N2O2S2. The topological polar surface area (TPSA) is 41.9 Å². The Hall–Kier alpha value is -1.40. The van der Waals surface area contributed by atoms with Gasteiger partial charge in [0, 0.05) is 0 Å². The number of hydrogen-bond donors (Lipinski definition) is 0. The van der Waals surface area contributed by atoms with Crippen LogP contribution in [0.1, 0.15) is 5.56 Å². The summed E-state index contributed by atoms with van der Waals surface area (Å²) in [4.78, 5) is 11.4. The van der Waals surface area contributed by atoms with Gasteiger partial charge < -0.3 is 4.74 Å². The molecule has 1 aliphatic rings. The summed E-state index contributed by atoms with van der Waals surface area (Å²) < 4.78 is 5.59. The number of thioether (sulfide) groups is 1. The lowest BCUT2D eigenvalue weighted by Gasteiger charge is -2.06. The summed E-state index contributed by atoms with van der Waals surface area (Å²) in [7, 11) is 1.60. The van der Waals surface area contributed by atoms with Gasteiger partial charge in [-0.1, -0.05) is 36.1 Å². The summed E-state index contributed by atoms with van der Waals surface area (Å²) in [5.74, 6) is 1.03. The van der Waals surface area contributed by atoms with Crippen molar-refractivity contribution in [2.45, 2.75) is 0 Å². The van der Waals surface area contributed by atoms with E-state index < -0.39 is 0 Å². The van der Waals surface area contributed by atoms with Crippen LogP contribution >= 0.6 is 24.0 Å². The fourth-order valence-corrected chi connectivity index (χ4v) is 2.27. The van der Waals surface area contributed by atoms with E-state index in [4.69, 9.17) is 17.0 Å². The third-order valence-electron chi connectivity index (χ3n) is 2.14. The Morgan fingerprint density at radius 2 is 2.41 bits per heavy atom. The van der Waals surface area contributed by atoms with Gasteiger partial charge in [0.05, 0.1) is 19.1 Å². The Morgan fingerprint density at radius 1 is 1.59 bits per heavy atom. The molecular weight excluding hydrogens is 256 g/mol. The molecule has 1 aromatic rings. The number of nitrogens with zero attached hydrogens (tertiary/aromatic N) is 2. The van der Waals surface area contributed by atoms with Gasteiger partial charge in [0.1, 0.15) is 5.75 Å². The number of methoxy groups -OCH3 is 1. The van der Waals surface area contributed by atoms with Crippen molar-refractivity contribution >= 4 is 40.4 Å². The number of hydrogen-bond acceptors (Lipinski definition) is 5. The standard InChI is InChI=1S/C11H10N2O2S2/c1-15-9-4-2-3-8(5-9)6-12-13-10(14)7-17-11(13)16/h2-6H,7H2,1H3. The molecule has 1 saturated heterocycles. The molecule has 4 nitrogen and oxygen atoms in total. The van der Waals surface area contributed by atoms with Gasteiger partial charge in [0.25, 0.3) is 5.91 Å². The molecule has 1 aromatic carbocycles. The highest BCUT2D eigenvalue weighted by Crippen LogP contribution is 2.19. The van der Waals surface area contributed by atoms with Crippen molar-refractivity contribution < 1.29 is 9.53 Å². The van der Waals surface area contributed by atoms with Crippen LogP contribution < -0.4 is 4.74 Å². The molecule has 0 saturated carbocycles. The number of thiocarbonyl (C=S) groups is 1. The van der Waals surface area contributed by atoms with E-state index in [0.29, 0.717) is 10.1 Å². The van der Waals surface area contributed by atoms with Crippen LogP contribution in [0.5, 0.6) is 5.75 Å². The SMILES string of the molecule is COc1cccc(C=NN2C(=O)CSC2=S)c1. The van der Waals surface area contributed by atoms with Gasteiger partial charge >= 0.3 is 0 Å². The van der Waals surface area contributed by atoms with Gasteiger partial charge in [-0.15, -0.1) is 0 Å². The number of hydrazone groups is 1. The first-order valence-corrected chi connectivity index (χ1v) is 6.28. The predicted octanol–water partition coefficient (Wildman–Crippen LogP) is 1.89. The molecule has 0 bridgehead atoms. The maximum absolute atomic E-state index is 11.4. The van der Waals surface area contributed by atoms with Crippen molar-refractivity contribution in [3.05, 3.63) is 29.8 Å². The van der Waals surface area contributed by atoms with Crippen LogP contribution in [0, 0.1) is 0 Å². The summed E-state index contributed by atoms with van der Waals surface area (Å²) in [5, 5.41) is 5.32. The normalized spacial score (nSPS) is 15.9. The fourth-order valence-electron chi connectivity index (χ4n) is 1.31. The zero-order valence-electron chi connectivity index (χ0n) is 9.12. The second-order valence-electron chi connectivity index (χ2n) is 3.28. The van der Waals surface area contributed by atoms with Crippen LogP contribution in [-0.2, 0) is 4.79 Å². The first-order chi connectivity index (χ1) is 8.20. The molecule has 0 aliphatic carbocycles. The zero-order valence-corrected chi connectivity index (χ0v) is 10.8. The number of carbonyl (C=O) groups excluding carboxylic acids is 1. The fraction of sp³-hybridized carbons (Fsp3) is 0.182. The first kappa shape index (κ1) is 12.1. The predicted molar refractivity (Wildman–Crippen MR) is 72.5 cm³/mol. The van der Waals surface area contributed by atoms with E-state index in [9.17, 15) is 4.79 Å². The van der Waals surface area contributed by atoms with E-state index >= 15 is 0 Å². The van der Waals surface area contributed by atoms with E-state index in [0.717, 1.165) is 11.3 Å². The van der Waals surface area contributed by atoms with Crippen molar-refractivity contribution in [1.82, 2.24) is 5.01 Å². The molecule has 1 fully saturated rings. The molecule has 1 amide bonds. The second-order valence-corrected chi connectivity index (χ2v) is 4.89. The summed E-state index contributed by atoms with van der Waals surface area (Å²) in [6.45, 7) is 0. The van der Waals surface area contributed by atoms with Crippen molar-refractivity contribution in [2.75, 3.05) is 12.9 Å². The highest BCUT2D eigenvalue weighted by Gasteiger charge is 2.25. The quantitative estimate of drug-likeness (QED) is 0.619. The minimum Gasteiger partial charge on any atom is -0.497 e. The number of rotatable bonds is 3. The van der Waals surface area contributed by atoms with Gasteiger partial charge in [0.2, 0.25) is 0 Å². The van der Waals surface area contributed by atoms with Crippen molar-refractivity contribution in [1.29, 1.82) is 0 Å². The molecule has 1 heterocycles. The lowest BCUT2D eigenvalue weighted by atomic mass is 10.2. The Bertz CT molecular complexity index is 472. The molecule has 0 N–H and O–H groups in total. The minimum absolute atomic E-state index is 0.0841. The summed E-state index contributed by atoms with van der Waals surface area (Å²) >= 11 is 6.34. The third kappa shape index (κ3) is 2.83. The van der Waals surface area contributed by atoms with Crippen LogP contribution in [0.4, 0.5) is 0 Å². The number of ether oxygens (including phenoxy) is 1. The number of amides is 1. The maximum Gasteiger partial charge on any atom is 0.259 e. The molecule has 0 spiro atoms. The van der Waals surface area contributed by atoms with E-state index in [-0.39, 0.29) is 5.91 Å². The van der Waals surface area contributed by atoms with Crippen LogP contribution in [0.2, 0.25) is 0 Å². The number of benzene rings is 1. The van der Waals surface area contributed by atoms with Crippen molar-refractivity contribution in [2.24, 2.45) is 5.10 Å². The molecule has 0 radical (unpaired) electrons. The van der Waals surface area contributed by atoms with E-state index in [2.05, 4.69) is 5.10 Å². The molecule has 0 atom stereocenters. The maximum atomic E-state index is 11.4. The monoisotopic (exact) mass is 266 g/mol. The van der Waals surface area contributed by atoms with Gasteiger partial charge in [0.15, 0.2) is 4.32 Å². The Kier molecular flexibility index (Phi) is 3.75. The molecule has 0 unspecified atom stereocenters. The Morgan fingerprint density at radius 3 is 3.06 bits per heavy atom. The molecule has 1 aliphatic heterocycles. The van der Waals surface area contributed by atoms with Crippen LogP contribution in [0.15, 0.2) is 29.4 Å². The summed E-state index contributed by atoms with van der Waals surface area (Å²) in [6.07, 6.45) is 1.60. The molecule has 88 valence electrons. The van der Waals surface area contributed by atoms with Gasteiger partial charge in [-0.3, -0.25) is 4.79 Å². The highest BCUT2D eigenvalue weighted by molar-refractivity contribution is 8.23. The lowest BCUT2D eigenvalue weighted by molar-refractivity contribution is -0.123. The largest absolute Gasteiger partial charge is 0.497 e. The third-order valence-corrected chi connectivity index (χ3v) is 3.48. The van der Waals surface area contributed by atoms with E-state index in [1.807, 2.05) is 24.3 Å². The van der Waals surface area contributed by atoms with Gasteiger partial charge in [-0.2, -0.15) is 10.1 Å². The van der Waals surface area contributed by atoms with Crippen LogP contribution in [0.3, 0.4) is 0 Å². The first-order valence-electron chi connectivity index (χ1n) is 4.88. The summed E-state index contributed by atoms with van der Waals surface area (Å²) in [5.41, 5.74) is 0.858. The average molecular weight is 266 g/mol. The molecule has 0 aromatic heterocycles.